The van der Waals surface area contributed by atoms with Crippen molar-refractivity contribution < 1.29 is 4.79 Å². The van der Waals surface area contributed by atoms with Crippen LogP contribution in [0.15, 0.2) is 12.5 Å². The van der Waals surface area contributed by atoms with Crippen LogP contribution in [0.2, 0.25) is 0 Å². The summed E-state index contributed by atoms with van der Waals surface area (Å²) in [6.07, 6.45) is 3.34. The predicted octanol–water partition coefficient (Wildman–Crippen LogP) is 0.552. The minimum atomic E-state index is -0.261. The Balaban J connectivity index is 2.96. The van der Waals surface area contributed by atoms with Gasteiger partial charge in [0.2, 0.25) is 5.91 Å². The Kier molecular flexibility index (Phi) is 3.47. The molecule has 84 valence electrons. The zero-order valence-electron chi connectivity index (χ0n) is 9.64. The zero-order valence-corrected chi connectivity index (χ0v) is 9.64. The van der Waals surface area contributed by atoms with E-state index in [9.17, 15) is 4.79 Å². The summed E-state index contributed by atoms with van der Waals surface area (Å²) in [7, 11) is 3.47. The molecule has 0 fully saturated rings. The molecule has 0 bridgehead atoms. The molecule has 1 aromatic rings. The van der Waals surface area contributed by atoms with E-state index in [0.717, 1.165) is 5.69 Å². The molecule has 0 radical (unpaired) electrons. The van der Waals surface area contributed by atoms with E-state index in [1.807, 2.05) is 18.4 Å². The van der Waals surface area contributed by atoms with Crippen molar-refractivity contribution in [2.75, 3.05) is 14.1 Å². The van der Waals surface area contributed by atoms with E-state index in [-0.39, 0.29) is 18.0 Å². The maximum Gasteiger partial charge on any atom is 0.244 e. The third-order valence-corrected chi connectivity index (χ3v) is 2.38. The zero-order chi connectivity index (χ0) is 11.6. The van der Waals surface area contributed by atoms with Crippen LogP contribution >= 0.6 is 0 Å². The van der Waals surface area contributed by atoms with Crippen LogP contribution in [0.25, 0.3) is 0 Å². The first-order valence-electron chi connectivity index (χ1n) is 4.93. The van der Waals surface area contributed by atoms with Crippen LogP contribution in [0, 0.1) is 0 Å². The second kappa shape index (κ2) is 4.44. The van der Waals surface area contributed by atoms with Gasteiger partial charge in [0, 0.05) is 26.3 Å². The number of nitrogens with zero attached hydrogens (tertiary/aromatic N) is 3. The molecule has 2 N–H and O–H groups in total. The van der Waals surface area contributed by atoms with Gasteiger partial charge in [0.05, 0.1) is 12.0 Å². The lowest BCUT2D eigenvalue weighted by Crippen LogP contribution is -2.31. The number of hydrogen-bond donors (Lipinski definition) is 1. The van der Waals surface area contributed by atoms with Crippen molar-refractivity contribution in [1.29, 1.82) is 0 Å². The van der Waals surface area contributed by atoms with Crippen LogP contribution in [-0.2, 0) is 4.79 Å². The number of imidazole rings is 1. The van der Waals surface area contributed by atoms with Gasteiger partial charge in [0.15, 0.2) is 0 Å². The Labute approximate surface area is 89.9 Å². The fourth-order valence-corrected chi connectivity index (χ4v) is 1.48. The van der Waals surface area contributed by atoms with E-state index < -0.39 is 0 Å². The van der Waals surface area contributed by atoms with Gasteiger partial charge in [0.25, 0.3) is 0 Å². The highest BCUT2D eigenvalue weighted by atomic mass is 16.2. The minimum absolute atomic E-state index is 0.0369. The number of hydrogen-bond acceptors (Lipinski definition) is 3. The van der Waals surface area contributed by atoms with Gasteiger partial charge in [-0.3, -0.25) is 4.79 Å². The normalized spacial score (nSPS) is 14.7. The van der Waals surface area contributed by atoms with Crippen LogP contribution in [0.5, 0.6) is 0 Å². The van der Waals surface area contributed by atoms with Crippen molar-refractivity contribution in [3.05, 3.63) is 18.2 Å². The topological polar surface area (TPSA) is 64.2 Å². The van der Waals surface area contributed by atoms with Crippen LogP contribution in [-0.4, -0.2) is 34.5 Å². The van der Waals surface area contributed by atoms with E-state index in [0.29, 0.717) is 0 Å². The minimum Gasteiger partial charge on any atom is -0.347 e. The van der Waals surface area contributed by atoms with E-state index in [1.165, 1.54) is 0 Å². The number of carbonyl (C=O) groups excluding carboxylic acids is 1. The molecule has 0 aliphatic rings. The molecule has 1 aromatic heterocycles. The summed E-state index contributed by atoms with van der Waals surface area (Å²) >= 11 is 0. The van der Waals surface area contributed by atoms with Crippen molar-refractivity contribution in [3.8, 4) is 0 Å². The van der Waals surface area contributed by atoms with Gasteiger partial charge in [0.1, 0.15) is 6.04 Å². The second-order valence-corrected chi connectivity index (χ2v) is 3.92. The van der Waals surface area contributed by atoms with Gasteiger partial charge in [-0.1, -0.05) is 0 Å². The molecule has 1 amide bonds. The van der Waals surface area contributed by atoms with Crippen molar-refractivity contribution in [2.45, 2.75) is 25.9 Å². The molecule has 1 unspecified atom stereocenters. The molecule has 15 heavy (non-hydrogen) atoms. The fraction of sp³-hybridized carbons (Fsp3) is 0.600. The second-order valence-electron chi connectivity index (χ2n) is 3.92. The van der Waals surface area contributed by atoms with Gasteiger partial charge < -0.3 is 15.2 Å². The SMILES string of the molecule is CC(C(=O)N(C)C)n1cncc1[C@@H](C)N. The van der Waals surface area contributed by atoms with E-state index in [2.05, 4.69) is 4.98 Å². The highest BCUT2D eigenvalue weighted by Gasteiger charge is 2.19. The molecule has 0 saturated heterocycles. The number of carbonyl (C=O) groups is 1. The fourth-order valence-electron chi connectivity index (χ4n) is 1.48. The van der Waals surface area contributed by atoms with Crippen LogP contribution in [0.1, 0.15) is 31.6 Å². The Bertz CT molecular complexity index is 343. The summed E-state index contributed by atoms with van der Waals surface area (Å²) in [6.45, 7) is 3.72. The molecule has 2 atom stereocenters. The number of likely N-dealkylation sites (N-methyl/N-ethyl adjacent to an activating group) is 1. The Hall–Kier alpha value is -1.36. The Morgan fingerprint density at radius 1 is 1.53 bits per heavy atom. The largest absolute Gasteiger partial charge is 0.347 e. The number of amides is 1. The molecule has 1 rings (SSSR count). The van der Waals surface area contributed by atoms with Crippen molar-refractivity contribution >= 4 is 5.91 Å². The quantitative estimate of drug-likeness (QED) is 0.792. The maximum atomic E-state index is 11.8. The summed E-state index contributed by atoms with van der Waals surface area (Å²) in [5.41, 5.74) is 6.66. The molecule has 1 heterocycles. The van der Waals surface area contributed by atoms with Gasteiger partial charge in [-0.15, -0.1) is 0 Å². The average molecular weight is 210 g/mol. The third kappa shape index (κ3) is 2.36. The standard InChI is InChI=1S/C10H18N4O/c1-7(11)9-5-12-6-14(9)8(2)10(15)13(3)4/h5-8H,11H2,1-4H3/t7-,8?/m1/s1. The van der Waals surface area contributed by atoms with E-state index in [1.54, 1.807) is 31.5 Å². The van der Waals surface area contributed by atoms with Crippen LogP contribution in [0.3, 0.4) is 0 Å². The third-order valence-electron chi connectivity index (χ3n) is 2.38. The van der Waals surface area contributed by atoms with Crippen LogP contribution < -0.4 is 5.73 Å². The van der Waals surface area contributed by atoms with E-state index in [4.69, 9.17) is 5.73 Å². The first-order valence-corrected chi connectivity index (χ1v) is 4.93. The number of aromatic nitrogens is 2. The summed E-state index contributed by atoms with van der Waals surface area (Å²) in [5.74, 6) is 0.0369. The first kappa shape index (κ1) is 11.7. The molecular formula is C10H18N4O. The average Bonchev–Trinajstić information content (AvgIpc) is 2.63. The van der Waals surface area contributed by atoms with Gasteiger partial charge in [-0.05, 0) is 13.8 Å². The highest BCUT2D eigenvalue weighted by molar-refractivity contribution is 5.79. The Morgan fingerprint density at radius 3 is 2.60 bits per heavy atom. The molecule has 5 heteroatoms. The lowest BCUT2D eigenvalue weighted by Gasteiger charge is -2.20. The number of nitrogens with two attached hydrogens (primary N) is 1. The summed E-state index contributed by atoms with van der Waals surface area (Å²) in [6, 6.07) is -0.381. The summed E-state index contributed by atoms with van der Waals surface area (Å²) in [4.78, 5) is 17.3. The maximum absolute atomic E-state index is 11.8. The van der Waals surface area contributed by atoms with Crippen molar-refractivity contribution in [3.63, 3.8) is 0 Å². The first-order chi connectivity index (χ1) is 6.95. The lowest BCUT2D eigenvalue weighted by molar-refractivity contribution is -0.131. The highest BCUT2D eigenvalue weighted by Crippen LogP contribution is 2.16. The summed E-state index contributed by atoms with van der Waals surface area (Å²) in [5, 5.41) is 0. The van der Waals surface area contributed by atoms with Crippen LogP contribution in [0.4, 0.5) is 0 Å². The monoisotopic (exact) mass is 210 g/mol. The molecule has 0 aliphatic heterocycles. The van der Waals surface area contributed by atoms with Crippen molar-refractivity contribution in [2.24, 2.45) is 5.73 Å². The smallest absolute Gasteiger partial charge is 0.244 e. The molecule has 0 aromatic carbocycles. The van der Waals surface area contributed by atoms with Gasteiger partial charge >= 0.3 is 0 Å². The van der Waals surface area contributed by atoms with Gasteiger partial charge in [-0.25, -0.2) is 4.98 Å². The van der Waals surface area contributed by atoms with Crippen molar-refractivity contribution in [1.82, 2.24) is 14.5 Å². The Morgan fingerprint density at radius 2 is 2.13 bits per heavy atom. The molecule has 0 spiro atoms. The molecular weight excluding hydrogens is 192 g/mol. The lowest BCUT2D eigenvalue weighted by atomic mass is 10.2. The molecule has 5 nitrogen and oxygen atoms in total. The number of rotatable bonds is 3. The summed E-state index contributed by atoms with van der Waals surface area (Å²) < 4.78 is 1.81. The molecule has 0 saturated carbocycles. The predicted molar refractivity (Wildman–Crippen MR) is 58.2 cm³/mol. The molecule has 0 aliphatic carbocycles. The van der Waals surface area contributed by atoms with Gasteiger partial charge in [-0.2, -0.15) is 0 Å². The van der Waals surface area contributed by atoms with E-state index >= 15 is 0 Å².